The molecular weight excluding hydrogens is 112 g/mol. The zero-order valence-electron chi connectivity index (χ0n) is 5.09. The predicted molar refractivity (Wildman–Crippen MR) is 34.9 cm³/mol. The van der Waals surface area contributed by atoms with Gasteiger partial charge in [0.25, 0.3) is 0 Å². The average molecular weight is 121 g/mol. The Labute approximate surface area is 53.9 Å². The van der Waals surface area contributed by atoms with Crippen molar-refractivity contribution in [3.05, 3.63) is 29.8 Å². The van der Waals surface area contributed by atoms with Gasteiger partial charge in [0.05, 0.1) is 6.54 Å². The summed E-state index contributed by atoms with van der Waals surface area (Å²) in [6, 6.07) is 8.39. The Morgan fingerprint density at radius 3 is 3.11 bits per heavy atom. The highest BCUT2D eigenvalue weighted by Gasteiger charge is 2.10. The van der Waals surface area contributed by atoms with Gasteiger partial charge in [-0.2, -0.15) is 5.43 Å². The van der Waals surface area contributed by atoms with Crippen LogP contribution in [0.15, 0.2) is 24.3 Å². The molecule has 46 valence electrons. The molecule has 1 aliphatic rings. The first-order valence-electron chi connectivity index (χ1n) is 3.11. The Morgan fingerprint density at radius 2 is 2.22 bits per heavy atom. The van der Waals surface area contributed by atoms with Crippen LogP contribution in [0.5, 0.6) is 0 Å². The number of hydrogen-bond acceptors (Lipinski definition) is 1. The van der Waals surface area contributed by atoms with E-state index >= 15 is 0 Å². The van der Waals surface area contributed by atoms with Crippen LogP contribution in [0.2, 0.25) is 0 Å². The van der Waals surface area contributed by atoms with E-state index in [2.05, 4.69) is 35.1 Å². The molecule has 0 aliphatic carbocycles. The van der Waals surface area contributed by atoms with Gasteiger partial charge in [-0.25, -0.2) is 5.43 Å². The second-order valence-corrected chi connectivity index (χ2v) is 2.22. The number of benzene rings is 1. The molecular formula is C7H9N2+. The summed E-state index contributed by atoms with van der Waals surface area (Å²) in [6.07, 6.45) is 0. The van der Waals surface area contributed by atoms with Gasteiger partial charge < -0.3 is 0 Å². The van der Waals surface area contributed by atoms with Gasteiger partial charge in [-0.3, -0.25) is 0 Å². The first-order chi connectivity index (χ1) is 4.47. The molecule has 1 aliphatic heterocycles. The number of nitrogens with one attached hydrogen (secondary N) is 1. The summed E-state index contributed by atoms with van der Waals surface area (Å²) in [4.78, 5) is 0. The highest BCUT2D eigenvalue weighted by Crippen LogP contribution is 2.10. The van der Waals surface area contributed by atoms with Crippen molar-refractivity contribution < 1.29 is 5.43 Å². The molecule has 1 aromatic carbocycles. The topological polar surface area (TPSA) is 28.6 Å². The molecule has 3 N–H and O–H groups in total. The molecule has 0 bridgehead atoms. The molecule has 0 radical (unpaired) electrons. The summed E-state index contributed by atoms with van der Waals surface area (Å²) < 4.78 is 0. The van der Waals surface area contributed by atoms with Gasteiger partial charge in [-0.1, -0.05) is 18.2 Å². The highest BCUT2D eigenvalue weighted by atomic mass is 15.4. The fraction of sp³-hybridized carbons (Fsp3) is 0.143. The molecule has 1 aromatic rings. The summed E-state index contributed by atoms with van der Waals surface area (Å²) in [6.45, 7) is 0.996. The van der Waals surface area contributed by atoms with Crippen LogP contribution >= 0.6 is 0 Å². The van der Waals surface area contributed by atoms with Crippen molar-refractivity contribution in [1.29, 1.82) is 0 Å². The summed E-state index contributed by atoms with van der Waals surface area (Å²) in [5.41, 5.74) is 7.95. The lowest BCUT2D eigenvalue weighted by molar-refractivity contribution is -0.625. The van der Waals surface area contributed by atoms with E-state index in [-0.39, 0.29) is 0 Å². The Morgan fingerprint density at radius 1 is 1.33 bits per heavy atom. The molecule has 0 saturated heterocycles. The number of hydrogen-bond donors (Lipinski definition) is 2. The summed E-state index contributed by atoms with van der Waals surface area (Å²) in [5.74, 6) is 0. The number of para-hydroxylation sites is 1. The standard InChI is InChI=1S/C7H8N2/c1-2-4-7-6(3-1)5-8-9-7/h1-4,8-9H,5H2/p+1. The third-order valence-electron chi connectivity index (χ3n) is 1.61. The molecule has 2 heteroatoms. The lowest BCUT2D eigenvalue weighted by atomic mass is 10.2. The molecule has 0 fully saturated rings. The Hall–Kier alpha value is -0.860. The first-order valence-corrected chi connectivity index (χ1v) is 3.11. The number of fused-ring (bicyclic) bond motifs is 1. The summed E-state index contributed by atoms with van der Waals surface area (Å²) in [5, 5.41) is 0. The van der Waals surface area contributed by atoms with Gasteiger partial charge in [0.2, 0.25) is 0 Å². The molecule has 2 nitrogen and oxygen atoms in total. The van der Waals surface area contributed by atoms with E-state index in [1.165, 1.54) is 11.3 Å². The normalized spacial score (nSPS) is 15.6. The molecule has 0 spiro atoms. The van der Waals surface area contributed by atoms with Crippen molar-refractivity contribution in [2.75, 3.05) is 0 Å². The largest absolute Gasteiger partial charge is 0.236 e. The monoisotopic (exact) mass is 121 g/mol. The van der Waals surface area contributed by atoms with Gasteiger partial charge in [-0.15, -0.1) is 0 Å². The van der Waals surface area contributed by atoms with Crippen molar-refractivity contribution in [2.24, 2.45) is 0 Å². The van der Waals surface area contributed by atoms with Crippen LogP contribution in [0.1, 0.15) is 5.56 Å². The van der Waals surface area contributed by atoms with Crippen LogP contribution < -0.4 is 10.9 Å². The molecule has 0 atom stereocenters. The lowest BCUT2D eigenvalue weighted by Gasteiger charge is -1.87. The molecule has 2 rings (SSSR count). The highest BCUT2D eigenvalue weighted by molar-refractivity contribution is 5.39. The first kappa shape index (κ1) is 4.97. The van der Waals surface area contributed by atoms with Gasteiger partial charge in [0, 0.05) is 11.6 Å². The van der Waals surface area contributed by atoms with Crippen LogP contribution in [0.3, 0.4) is 0 Å². The van der Waals surface area contributed by atoms with Gasteiger partial charge in [0.15, 0.2) is 5.69 Å². The zero-order chi connectivity index (χ0) is 6.10. The summed E-state index contributed by atoms with van der Waals surface area (Å²) >= 11 is 0. The van der Waals surface area contributed by atoms with Gasteiger partial charge in [0.1, 0.15) is 0 Å². The lowest BCUT2D eigenvalue weighted by Crippen LogP contribution is -2.84. The molecule has 0 aromatic heterocycles. The summed E-state index contributed by atoms with van der Waals surface area (Å²) in [7, 11) is 0. The second-order valence-electron chi connectivity index (χ2n) is 2.22. The van der Waals surface area contributed by atoms with Gasteiger partial charge in [-0.05, 0) is 0 Å². The molecule has 0 amide bonds. The SMILES string of the molecule is c1ccc2c(c1)CN[NH2+]2. The van der Waals surface area contributed by atoms with E-state index in [4.69, 9.17) is 0 Å². The van der Waals surface area contributed by atoms with Crippen molar-refractivity contribution >= 4 is 5.69 Å². The number of nitrogens with two attached hydrogens (primary N) is 1. The van der Waals surface area contributed by atoms with Gasteiger partial charge >= 0.3 is 0 Å². The van der Waals surface area contributed by atoms with Crippen molar-refractivity contribution in [3.63, 3.8) is 0 Å². The minimum Gasteiger partial charge on any atom is -0.236 e. The number of rotatable bonds is 0. The Kier molecular flexibility index (Phi) is 1.01. The van der Waals surface area contributed by atoms with E-state index in [1.54, 1.807) is 0 Å². The van der Waals surface area contributed by atoms with E-state index < -0.39 is 0 Å². The van der Waals surface area contributed by atoms with E-state index in [0.29, 0.717) is 0 Å². The zero-order valence-corrected chi connectivity index (χ0v) is 5.09. The Bertz CT molecular complexity index is 197. The second kappa shape index (κ2) is 1.83. The minimum absolute atomic E-state index is 0.996. The maximum Gasteiger partial charge on any atom is 0.153 e. The fourth-order valence-corrected chi connectivity index (χ4v) is 1.11. The minimum atomic E-state index is 0.996. The molecule has 0 unspecified atom stereocenters. The average Bonchev–Trinajstić information content (AvgIpc) is 2.33. The van der Waals surface area contributed by atoms with Crippen LogP contribution in [-0.2, 0) is 6.54 Å². The van der Waals surface area contributed by atoms with E-state index in [1.807, 2.05) is 0 Å². The maximum absolute atomic E-state index is 3.16. The quantitative estimate of drug-likeness (QED) is 0.364. The van der Waals surface area contributed by atoms with Crippen LogP contribution in [-0.4, -0.2) is 0 Å². The van der Waals surface area contributed by atoms with E-state index in [9.17, 15) is 0 Å². The fourth-order valence-electron chi connectivity index (χ4n) is 1.11. The Balaban J connectivity index is 2.54. The van der Waals surface area contributed by atoms with E-state index in [0.717, 1.165) is 6.54 Å². The van der Waals surface area contributed by atoms with Crippen molar-refractivity contribution in [1.82, 2.24) is 5.43 Å². The molecule has 9 heavy (non-hydrogen) atoms. The maximum atomic E-state index is 3.16. The smallest absolute Gasteiger partial charge is 0.153 e. The van der Waals surface area contributed by atoms with Crippen LogP contribution in [0.25, 0.3) is 0 Å². The molecule has 1 heterocycles. The van der Waals surface area contributed by atoms with Crippen molar-refractivity contribution in [2.45, 2.75) is 6.54 Å². The predicted octanol–water partition coefficient (Wildman–Crippen LogP) is -0.100. The van der Waals surface area contributed by atoms with Crippen LogP contribution in [0.4, 0.5) is 5.69 Å². The third-order valence-corrected chi connectivity index (χ3v) is 1.61. The number of quaternary nitrogens is 1. The third kappa shape index (κ3) is 0.724. The molecule has 0 saturated carbocycles. The van der Waals surface area contributed by atoms with Crippen molar-refractivity contribution in [3.8, 4) is 0 Å². The van der Waals surface area contributed by atoms with Crippen LogP contribution in [0, 0.1) is 0 Å².